The fourth-order valence-electron chi connectivity index (χ4n) is 2.20. The van der Waals surface area contributed by atoms with Gasteiger partial charge >= 0.3 is 0 Å². The largest absolute Gasteiger partial charge is 0.490 e. The highest BCUT2D eigenvalue weighted by molar-refractivity contribution is 6.35. The van der Waals surface area contributed by atoms with Crippen LogP contribution in [0.3, 0.4) is 0 Å². The third kappa shape index (κ3) is 3.53. The highest BCUT2D eigenvalue weighted by atomic mass is 35.5. The average molecular weight is 362 g/mol. The molecule has 1 aromatic heterocycles. The summed E-state index contributed by atoms with van der Waals surface area (Å²) in [5, 5.41) is 11.2. The van der Waals surface area contributed by atoms with Crippen LogP contribution in [-0.2, 0) is 0 Å². The van der Waals surface area contributed by atoms with Gasteiger partial charge in [-0.05, 0) is 36.4 Å². The number of anilines is 1. The molecule has 0 bridgehead atoms. The molecule has 3 aromatic rings. The number of halogens is 2. The number of nitrogens with one attached hydrogen (secondary N) is 2. The van der Waals surface area contributed by atoms with Crippen LogP contribution < -0.4 is 10.1 Å². The van der Waals surface area contributed by atoms with Crippen LogP contribution in [0.15, 0.2) is 49.1 Å². The second kappa shape index (κ2) is 6.95. The number of aromatic nitrogens is 2. The Morgan fingerprint density at radius 1 is 1.25 bits per heavy atom. The number of benzene rings is 2. The predicted octanol–water partition coefficient (Wildman–Crippen LogP) is 4.69. The van der Waals surface area contributed by atoms with Crippen LogP contribution in [0.5, 0.6) is 5.75 Å². The zero-order chi connectivity index (χ0) is 17.1. The van der Waals surface area contributed by atoms with Crippen LogP contribution in [0.25, 0.3) is 10.9 Å². The first kappa shape index (κ1) is 16.4. The van der Waals surface area contributed by atoms with E-state index in [4.69, 9.17) is 27.9 Å². The van der Waals surface area contributed by atoms with E-state index in [1.165, 1.54) is 12.1 Å². The molecule has 2 aromatic carbocycles. The molecule has 122 valence electrons. The Bertz CT molecular complexity index is 901. The summed E-state index contributed by atoms with van der Waals surface area (Å²) in [4.78, 5) is 12.4. The fourth-order valence-corrected chi connectivity index (χ4v) is 2.72. The number of fused-ring (bicyclic) bond motifs is 1. The smallest absolute Gasteiger partial charge is 0.256 e. The maximum atomic E-state index is 12.4. The molecule has 0 spiro atoms. The standard InChI is InChI=1S/C17H13Cl2N3O2/c1-2-5-24-13-3-4-15-14(9-13)16(22-21-15)20-17(23)10-6-11(18)8-12(19)7-10/h2-4,6-9H,1,5H2,(H2,20,21,22,23). The summed E-state index contributed by atoms with van der Waals surface area (Å²) in [6, 6.07) is 10.1. The van der Waals surface area contributed by atoms with Gasteiger partial charge in [0.25, 0.3) is 5.91 Å². The van der Waals surface area contributed by atoms with Gasteiger partial charge in [0.15, 0.2) is 5.82 Å². The minimum absolute atomic E-state index is 0.350. The van der Waals surface area contributed by atoms with Crippen LogP contribution in [0.2, 0.25) is 10.0 Å². The summed E-state index contributed by atoms with van der Waals surface area (Å²) in [5.41, 5.74) is 1.13. The summed E-state index contributed by atoms with van der Waals surface area (Å²) in [6.07, 6.45) is 1.66. The van der Waals surface area contributed by atoms with Crippen LogP contribution in [0, 0.1) is 0 Å². The second-order valence-electron chi connectivity index (χ2n) is 4.99. The molecule has 0 aliphatic rings. The highest BCUT2D eigenvalue weighted by Gasteiger charge is 2.13. The number of hydrogen-bond acceptors (Lipinski definition) is 3. The van der Waals surface area contributed by atoms with Crippen molar-refractivity contribution in [2.75, 3.05) is 11.9 Å². The number of carbonyl (C=O) groups excluding carboxylic acids is 1. The monoisotopic (exact) mass is 361 g/mol. The van der Waals surface area contributed by atoms with Crippen molar-refractivity contribution >= 4 is 45.8 Å². The van der Waals surface area contributed by atoms with E-state index in [0.29, 0.717) is 33.8 Å². The Balaban J connectivity index is 1.88. The molecule has 0 aliphatic carbocycles. The van der Waals surface area contributed by atoms with E-state index in [-0.39, 0.29) is 5.91 Å². The van der Waals surface area contributed by atoms with Gasteiger partial charge in [0.1, 0.15) is 12.4 Å². The number of hydrogen-bond donors (Lipinski definition) is 2. The Morgan fingerprint density at radius 2 is 2.00 bits per heavy atom. The third-order valence-corrected chi connectivity index (χ3v) is 3.70. The Hall–Kier alpha value is -2.50. The van der Waals surface area contributed by atoms with Crippen LogP contribution in [-0.4, -0.2) is 22.7 Å². The van der Waals surface area contributed by atoms with Crippen molar-refractivity contribution in [3.63, 3.8) is 0 Å². The lowest BCUT2D eigenvalue weighted by atomic mass is 10.2. The van der Waals surface area contributed by atoms with Gasteiger partial charge in [0.2, 0.25) is 0 Å². The number of nitrogens with zero attached hydrogens (tertiary/aromatic N) is 1. The van der Waals surface area contributed by atoms with Gasteiger partial charge in [0.05, 0.1) is 5.52 Å². The van der Waals surface area contributed by atoms with E-state index in [9.17, 15) is 4.79 Å². The molecule has 3 rings (SSSR count). The summed E-state index contributed by atoms with van der Waals surface area (Å²) in [5.74, 6) is 0.700. The van der Waals surface area contributed by atoms with Gasteiger partial charge in [-0.25, -0.2) is 0 Å². The first-order chi connectivity index (χ1) is 11.6. The van der Waals surface area contributed by atoms with Crippen molar-refractivity contribution in [3.05, 3.63) is 64.7 Å². The average Bonchev–Trinajstić information content (AvgIpc) is 2.94. The third-order valence-electron chi connectivity index (χ3n) is 3.26. The van der Waals surface area contributed by atoms with E-state index in [0.717, 1.165) is 10.9 Å². The van der Waals surface area contributed by atoms with Gasteiger partial charge in [-0.2, -0.15) is 5.10 Å². The van der Waals surface area contributed by atoms with Crippen LogP contribution in [0.4, 0.5) is 5.82 Å². The molecule has 0 unspecified atom stereocenters. The molecule has 1 amide bonds. The Labute approximate surface area is 148 Å². The lowest BCUT2D eigenvalue weighted by molar-refractivity contribution is 0.102. The van der Waals surface area contributed by atoms with Crippen molar-refractivity contribution in [2.45, 2.75) is 0 Å². The molecular weight excluding hydrogens is 349 g/mol. The summed E-state index contributed by atoms with van der Waals surface area (Å²) < 4.78 is 5.50. The van der Waals surface area contributed by atoms with Gasteiger partial charge in [0, 0.05) is 21.0 Å². The minimum Gasteiger partial charge on any atom is -0.490 e. The number of rotatable bonds is 5. The molecule has 0 saturated carbocycles. The fraction of sp³-hybridized carbons (Fsp3) is 0.0588. The number of carbonyl (C=O) groups is 1. The van der Waals surface area contributed by atoms with Crippen molar-refractivity contribution in [1.82, 2.24) is 10.2 Å². The van der Waals surface area contributed by atoms with Crippen molar-refractivity contribution in [1.29, 1.82) is 0 Å². The molecule has 24 heavy (non-hydrogen) atoms. The van der Waals surface area contributed by atoms with Crippen molar-refractivity contribution < 1.29 is 9.53 Å². The first-order valence-corrected chi connectivity index (χ1v) is 7.81. The van der Waals surface area contributed by atoms with E-state index in [1.54, 1.807) is 18.2 Å². The molecule has 0 saturated heterocycles. The van der Waals surface area contributed by atoms with Gasteiger partial charge in [-0.15, -0.1) is 0 Å². The first-order valence-electron chi connectivity index (χ1n) is 7.06. The number of amides is 1. The molecular formula is C17H13Cl2N3O2. The Morgan fingerprint density at radius 3 is 2.71 bits per heavy atom. The Kier molecular flexibility index (Phi) is 4.74. The molecule has 0 atom stereocenters. The number of H-pyrrole nitrogens is 1. The van der Waals surface area contributed by atoms with E-state index in [2.05, 4.69) is 22.1 Å². The van der Waals surface area contributed by atoms with Crippen LogP contribution in [0.1, 0.15) is 10.4 Å². The maximum absolute atomic E-state index is 12.4. The molecule has 0 fully saturated rings. The number of ether oxygens (including phenoxy) is 1. The van der Waals surface area contributed by atoms with Gasteiger partial charge < -0.3 is 10.1 Å². The lowest BCUT2D eigenvalue weighted by Gasteiger charge is -2.05. The normalized spacial score (nSPS) is 10.6. The quantitative estimate of drug-likeness (QED) is 0.648. The molecule has 7 heteroatoms. The summed E-state index contributed by atoms with van der Waals surface area (Å²) in [6.45, 7) is 4.01. The topological polar surface area (TPSA) is 67.0 Å². The van der Waals surface area contributed by atoms with E-state index < -0.39 is 0 Å². The van der Waals surface area contributed by atoms with Gasteiger partial charge in [-0.3, -0.25) is 9.89 Å². The van der Waals surface area contributed by atoms with Crippen molar-refractivity contribution in [2.24, 2.45) is 0 Å². The van der Waals surface area contributed by atoms with Gasteiger partial charge in [-0.1, -0.05) is 35.9 Å². The molecule has 0 aliphatic heterocycles. The highest BCUT2D eigenvalue weighted by Crippen LogP contribution is 2.26. The minimum atomic E-state index is -0.356. The summed E-state index contributed by atoms with van der Waals surface area (Å²) >= 11 is 11.9. The second-order valence-corrected chi connectivity index (χ2v) is 5.86. The number of aromatic amines is 1. The summed E-state index contributed by atoms with van der Waals surface area (Å²) in [7, 11) is 0. The molecule has 5 nitrogen and oxygen atoms in total. The molecule has 0 radical (unpaired) electrons. The predicted molar refractivity (Wildman–Crippen MR) is 96.2 cm³/mol. The zero-order valence-corrected chi connectivity index (χ0v) is 14.0. The van der Waals surface area contributed by atoms with E-state index in [1.807, 2.05) is 12.1 Å². The molecule has 1 heterocycles. The zero-order valence-electron chi connectivity index (χ0n) is 12.5. The van der Waals surface area contributed by atoms with Crippen molar-refractivity contribution in [3.8, 4) is 5.75 Å². The SMILES string of the molecule is C=CCOc1ccc2[nH]nc(NC(=O)c3cc(Cl)cc(Cl)c3)c2c1. The molecule has 2 N–H and O–H groups in total. The lowest BCUT2D eigenvalue weighted by Crippen LogP contribution is -2.12. The maximum Gasteiger partial charge on any atom is 0.256 e. The van der Waals surface area contributed by atoms with Crippen LogP contribution >= 0.6 is 23.2 Å². The van der Waals surface area contributed by atoms with E-state index >= 15 is 0 Å².